The summed E-state index contributed by atoms with van der Waals surface area (Å²) in [4.78, 5) is 18.5. The van der Waals surface area contributed by atoms with E-state index in [2.05, 4.69) is 25.9 Å². The lowest BCUT2D eigenvalue weighted by Crippen LogP contribution is -2.33. The summed E-state index contributed by atoms with van der Waals surface area (Å²) in [5, 5.41) is 12.6. The summed E-state index contributed by atoms with van der Waals surface area (Å²) >= 11 is 1.53. The highest BCUT2D eigenvalue weighted by molar-refractivity contribution is 7.15. The van der Waals surface area contributed by atoms with E-state index < -0.39 is 17.7 Å². The number of carbonyl (C=O) groups excluding carboxylic acids is 1. The fraction of sp³-hybridized carbons (Fsp3) is 0.450. The number of aryl methyl sites for hydroxylation is 1. The van der Waals surface area contributed by atoms with Crippen molar-refractivity contribution in [2.24, 2.45) is 0 Å². The van der Waals surface area contributed by atoms with Crippen molar-refractivity contribution in [2.45, 2.75) is 38.7 Å². The first-order valence-electron chi connectivity index (χ1n) is 9.83. The van der Waals surface area contributed by atoms with E-state index in [9.17, 15) is 13.6 Å². The van der Waals surface area contributed by atoms with Crippen LogP contribution in [0.2, 0.25) is 0 Å². The minimum Gasteiger partial charge on any atom is -0.353 e. The molecule has 10 heteroatoms. The standard InChI is InChI=1S/C20H23F2N5O2S/c1-11(28)23-10-15-9-18(26-29-15)14-7-16(21)19(17(22)8-14)13-3-5-27(6-4-13)20-25-24-12(2)30-20/h7-9,13,15,26H,3-6,10H2,1-2H3,(H,23,28). The van der Waals surface area contributed by atoms with E-state index in [1.54, 1.807) is 6.08 Å². The number of piperidine rings is 1. The number of halogens is 2. The van der Waals surface area contributed by atoms with Crippen LogP contribution in [0.3, 0.4) is 0 Å². The molecule has 4 rings (SSSR count). The molecular formula is C20H23F2N5O2S. The lowest BCUT2D eigenvalue weighted by molar-refractivity contribution is -0.119. The highest BCUT2D eigenvalue weighted by Crippen LogP contribution is 2.35. The monoisotopic (exact) mass is 435 g/mol. The van der Waals surface area contributed by atoms with Gasteiger partial charge in [-0.3, -0.25) is 15.1 Å². The van der Waals surface area contributed by atoms with E-state index >= 15 is 0 Å². The van der Waals surface area contributed by atoms with Gasteiger partial charge in [0.15, 0.2) is 0 Å². The highest BCUT2D eigenvalue weighted by atomic mass is 32.1. The second kappa shape index (κ2) is 8.65. The zero-order chi connectivity index (χ0) is 21.3. The van der Waals surface area contributed by atoms with Crippen LogP contribution < -0.4 is 15.7 Å². The summed E-state index contributed by atoms with van der Waals surface area (Å²) in [6.45, 7) is 4.97. The number of rotatable bonds is 5. The lowest BCUT2D eigenvalue weighted by Gasteiger charge is -2.32. The second-order valence-electron chi connectivity index (χ2n) is 7.49. The van der Waals surface area contributed by atoms with Crippen molar-refractivity contribution in [1.82, 2.24) is 21.0 Å². The average molecular weight is 436 g/mol. The zero-order valence-corrected chi connectivity index (χ0v) is 17.6. The molecule has 2 N–H and O–H groups in total. The third-order valence-electron chi connectivity index (χ3n) is 5.30. The van der Waals surface area contributed by atoms with Crippen LogP contribution in [0.15, 0.2) is 18.2 Å². The van der Waals surface area contributed by atoms with Gasteiger partial charge in [0.2, 0.25) is 11.0 Å². The molecule has 2 aromatic rings. The van der Waals surface area contributed by atoms with E-state index in [4.69, 9.17) is 4.84 Å². The van der Waals surface area contributed by atoms with Crippen molar-refractivity contribution in [2.75, 3.05) is 24.5 Å². The molecule has 1 aromatic heterocycles. The van der Waals surface area contributed by atoms with E-state index in [1.165, 1.54) is 30.4 Å². The van der Waals surface area contributed by atoms with E-state index in [-0.39, 0.29) is 23.9 Å². The fourth-order valence-electron chi connectivity index (χ4n) is 3.80. The molecule has 160 valence electrons. The Morgan fingerprint density at radius 3 is 2.60 bits per heavy atom. The molecular weight excluding hydrogens is 412 g/mol. The van der Waals surface area contributed by atoms with Crippen molar-refractivity contribution in [3.63, 3.8) is 0 Å². The maximum absolute atomic E-state index is 14.9. The fourth-order valence-corrected chi connectivity index (χ4v) is 4.54. The number of hydroxylamine groups is 1. The Hall–Kier alpha value is -2.59. The molecule has 0 spiro atoms. The molecule has 1 aromatic carbocycles. The van der Waals surface area contributed by atoms with Crippen LogP contribution in [-0.4, -0.2) is 41.8 Å². The number of benzene rings is 1. The normalized spacial score (nSPS) is 19.5. The smallest absolute Gasteiger partial charge is 0.216 e. The second-order valence-corrected chi connectivity index (χ2v) is 8.65. The molecule has 7 nitrogen and oxygen atoms in total. The summed E-state index contributed by atoms with van der Waals surface area (Å²) in [5.41, 5.74) is 3.68. The molecule has 1 atom stereocenters. The molecule has 2 aliphatic rings. The number of anilines is 1. The van der Waals surface area contributed by atoms with Gasteiger partial charge < -0.3 is 10.2 Å². The van der Waals surface area contributed by atoms with Crippen LogP contribution >= 0.6 is 11.3 Å². The van der Waals surface area contributed by atoms with Gasteiger partial charge in [-0.25, -0.2) is 8.78 Å². The molecule has 0 saturated carbocycles. The lowest BCUT2D eigenvalue weighted by atomic mass is 9.88. The van der Waals surface area contributed by atoms with Crippen LogP contribution in [0.25, 0.3) is 5.70 Å². The molecule has 1 saturated heterocycles. The first kappa shape index (κ1) is 20.7. The molecule has 30 heavy (non-hydrogen) atoms. The summed E-state index contributed by atoms with van der Waals surface area (Å²) < 4.78 is 29.8. The number of carbonyl (C=O) groups is 1. The van der Waals surface area contributed by atoms with E-state index in [0.29, 0.717) is 37.2 Å². The van der Waals surface area contributed by atoms with Gasteiger partial charge in [0.05, 0.1) is 12.2 Å². The molecule has 1 amide bonds. The molecule has 2 aliphatic heterocycles. The SMILES string of the molecule is CC(=O)NCC1C=C(c2cc(F)c(C3CCN(c4nnc(C)s4)CC3)c(F)c2)NO1. The molecule has 3 heterocycles. The summed E-state index contributed by atoms with van der Waals surface area (Å²) in [6, 6.07) is 2.67. The number of aromatic nitrogens is 2. The number of nitrogens with zero attached hydrogens (tertiary/aromatic N) is 3. The Morgan fingerprint density at radius 1 is 1.30 bits per heavy atom. The van der Waals surface area contributed by atoms with Crippen molar-refractivity contribution >= 4 is 28.1 Å². The Morgan fingerprint density at radius 2 is 2.00 bits per heavy atom. The minimum atomic E-state index is -0.553. The maximum atomic E-state index is 14.9. The van der Waals surface area contributed by atoms with Crippen LogP contribution in [0.4, 0.5) is 13.9 Å². The van der Waals surface area contributed by atoms with E-state index in [1.807, 2.05) is 6.92 Å². The Bertz CT molecular complexity index is 949. The van der Waals surface area contributed by atoms with Gasteiger partial charge in [-0.2, -0.15) is 0 Å². The minimum absolute atomic E-state index is 0.140. The third-order valence-corrected chi connectivity index (χ3v) is 6.20. The van der Waals surface area contributed by atoms with Crippen LogP contribution in [0, 0.1) is 18.6 Å². The summed E-state index contributed by atoms with van der Waals surface area (Å²) in [5.74, 6) is -1.46. The topological polar surface area (TPSA) is 79.4 Å². The van der Waals surface area contributed by atoms with Gasteiger partial charge >= 0.3 is 0 Å². The van der Waals surface area contributed by atoms with Crippen molar-refractivity contribution in [3.8, 4) is 0 Å². The van der Waals surface area contributed by atoms with Gasteiger partial charge in [-0.05, 0) is 43.9 Å². The number of nitrogens with one attached hydrogen (secondary N) is 2. The van der Waals surface area contributed by atoms with Crippen LogP contribution in [-0.2, 0) is 9.63 Å². The van der Waals surface area contributed by atoms with E-state index in [0.717, 1.165) is 10.1 Å². The van der Waals surface area contributed by atoms with Gasteiger partial charge in [0, 0.05) is 31.1 Å². The number of amides is 1. The van der Waals surface area contributed by atoms with Gasteiger partial charge in [-0.1, -0.05) is 11.3 Å². The zero-order valence-electron chi connectivity index (χ0n) is 16.7. The third kappa shape index (κ3) is 4.44. The van der Waals surface area contributed by atoms with Gasteiger partial charge in [-0.15, -0.1) is 10.2 Å². The number of hydrogen-bond acceptors (Lipinski definition) is 7. The van der Waals surface area contributed by atoms with Crippen molar-refractivity contribution < 1.29 is 18.4 Å². The first-order valence-corrected chi connectivity index (χ1v) is 10.6. The predicted molar refractivity (Wildman–Crippen MR) is 110 cm³/mol. The molecule has 0 radical (unpaired) electrons. The van der Waals surface area contributed by atoms with Gasteiger partial charge in [0.1, 0.15) is 22.7 Å². The molecule has 1 unspecified atom stereocenters. The van der Waals surface area contributed by atoms with Crippen LogP contribution in [0.1, 0.15) is 41.8 Å². The predicted octanol–water partition coefficient (Wildman–Crippen LogP) is 2.89. The Balaban J connectivity index is 1.45. The van der Waals surface area contributed by atoms with Crippen molar-refractivity contribution in [3.05, 3.63) is 46.0 Å². The highest BCUT2D eigenvalue weighted by Gasteiger charge is 2.28. The first-order chi connectivity index (χ1) is 14.4. The maximum Gasteiger partial charge on any atom is 0.216 e. The number of hydrogen-bond donors (Lipinski definition) is 2. The summed E-state index contributed by atoms with van der Waals surface area (Å²) in [7, 11) is 0. The average Bonchev–Trinajstić information content (AvgIpc) is 3.35. The Kier molecular flexibility index (Phi) is 5.96. The molecule has 0 aliphatic carbocycles. The van der Waals surface area contributed by atoms with Crippen molar-refractivity contribution in [1.29, 1.82) is 0 Å². The van der Waals surface area contributed by atoms with Gasteiger partial charge in [0.25, 0.3) is 0 Å². The molecule has 1 fully saturated rings. The largest absolute Gasteiger partial charge is 0.353 e. The molecule has 0 bridgehead atoms. The van der Waals surface area contributed by atoms with Crippen LogP contribution in [0.5, 0.6) is 0 Å². The summed E-state index contributed by atoms with van der Waals surface area (Å²) in [6.07, 6.45) is 2.60. The quantitative estimate of drug-likeness (QED) is 0.752. The Labute approximate surface area is 177 Å².